The van der Waals surface area contributed by atoms with Crippen LogP contribution >= 0.6 is 27.3 Å². The van der Waals surface area contributed by atoms with Gasteiger partial charge in [-0.3, -0.25) is 0 Å². The van der Waals surface area contributed by atoms with Crippen molar-refractivity contribution in [3.8, 4) is 0 Å². The molecule has 1 aromatic heterocycles. The summed E-state index contributed by atoms with van der Waals surface area (Å²) in [5.74, 6) is 2.91. The summed E-state index contributed by atoms with van der Waals surface area (Å²) in [6.45, 7) is 0. The number of halogens is 1. The third kappa shape index (κ3) is 1.53. The maximum atomic E-state index is 5.88. The standard InChI is InChI=1S/C13H17BrN2S/c14-11-10(16-12(15)17-11)13-4-7-1-8(5-13)3-9(2-7)6-13/h7-9H,1-6H2,(H2,15,16). The van der Waals surface area contributed by atoms with Gasteiger partial charge in [-0.05, 0) is 72.2 Å². The Bertz CT molecular complexity index is 433. The Morgan fingerprint density at radius 2 is 1.65 bits per heavy atom. The zero-order chi connectivity index (χ0) is 11.6. The smallest absolute Gasteiger partial charge is 0.181 e. The van der Waals surface area contributed by atoms with E-state index in [9.17, 15) is 0 Å². The molecule has 0 aromatic carbocycles. The normalized spacial score (nSPS) is 43.2. The summed E-state index contributed by atoms with van der Waals surface area (Å²) in [5, 5.41) is 0.725. The summed E-state index contributed by atoms with van der Waals surface area (Å²) in [6.07, 6.45) is 8.53. The lowest BCUT2D eigenvalue weighted by atomic mass is 9.49. The highest BCUT2D eigenvalue weighted by molar-refractivity contribution is 9.11. The zero-order valence-corrected chi connectivity index (χ0v) is 12.2. The van der Waals surface area contributed by atoms with E-state index in [1.165, 1.54) is 48.0 Å². The fourth-order valence-corrected chi connectivity index (χ4v) is 6.73. The van der Waals surface area contributed by atoms with Crippen LogP contribution in [0.4, 0.5) is 5.13 Å². The van der Waals surface area contributed by atoms with E-state index in [1.54, 1.807) is 11.3 Å². The number of aromatic nitrogens is 1. The molecule has 0 radical (unpaired) electrons. The van der Waals surface area contributed by atoms with E-state index in [2.05, 4.69) is 20.9 Å². The lowest BCUT2D eigenvalue weighted by molar-refractivity contribution is -0.00720. The van der Waals surface area contributed by atoms with E-state index in [0.717, 1.165) is 22.9 Å². The first-order valence-electron chi connectivity index (χ1n) is 6.57. The number of nitrogens with zero attached hydrogens (tertiary/aromatic N) is 1. The fraction of sp³-hybridized carbons (Fsp3) is 0.769. The monoisotopic (exact) mass is 312 g/mol. The molecule has 0 saturated heterocycles. The number of nitrogen functional groups attached to an aromatic ring is 1. The Morgan fingerprint density at radius 3 is 2.06 bits per heavy atom. The lowest BCUT2D eigenvalue weighted by Crippen LogP contribution is -2.48. The second-order valence-corrected chi connectivity index (χ2v) is 8.72. The van der Waals surface area contributed by atoms with E-state index in [-0.39, 0.29) is 0 Å². The van der Waals surface area contributed by atoms with Crippen LogP contribution in [0.15, 0.2) is 3.79 Å². The predicted molar refractivity (Wildman–Crippen MR) is 74.1 cm³/mol. The second-order valence-electron chi connectivity index (χ2n) is 6.37. The van der Waals surface area contributed by atoms with E-state index in [4.69, 9.17) is 5.73 Å². The van der Waals surface area contributed by atoms with Crippen LogP contribution in [0.2, 0.25) is 0 Å². The van der Waals surface area contributed by atoms with Crippen molar-refractivity contribution < 1.29 is 0 Å². The molecule has 0 amide bonds. The quantitative estimate of drug-likeness (QED) is 0.852. The van der Waals surface area contributed by atoms with Crippen molar-refractivity contribution in [2.45, 2.75) is 43.9 Å². The molecular formula is C13H17BrN2S. The molecule has 4 aliphatic rings. The summed E-state index contributed by atoms with van der Waals surface area (Å²) >= 11 is 5.28. The van der Waals surface area contributed by atoms with Crippen LogP contribution in [0.3, 0.4) is 0 Å². The van der Waals surface area contributed by atoms with Crippen molar-refractivity contribution in [3.63, 3.8) is 0 Å². The van der Waals surface area contributed by atoms with Crippen LogP contribution in [0.1, 0.15) is 44.2 Å². The van der Waals surface area contributed by atoms with Crippen LogP contribution in [-0.4, -0.2) is 4.98 Å². The van der Waals surface area contributed by atoms with Crippen LogP contribution in [0.25, 0.3) is 0 Å². The average Bonchev–Trinajstić information content (AvgIpc) is 2.56. The molecule has 2 nitrogen and oxygen atoms in total. The SMILES string of the molecule is Nc1nc(C23CC4CC(CC(C4)C2)C3)c(Br)s1. The summed E-state index contributed by atoms with van der Waals surface area (Å²) < 4.78 is 1.19. The first-order valence-corrected chi connectivity index (χ1v) is 8.18. The van der Waals surface area contributed by atoms with Gasteiger partial charge in [0.2, 0.25) is 0 Å². The molecule has 92 valence electrons. The van der Waals surface area contributed by atoms with E-state index in [0.29, 0.717) is 5.41 Å². The van der Waals surface area contributed by atoms with Gasteiger partial charge in [0.15, 0.2) is 5.13 Å². The van der Waals surface area contributed by atoms with Crippen molar-refractivity contribution in [2.24, 2.45) is 17.8 Å². The molecule has 0 atom stereocenters. The fourth-order valence-electron chi connectivity index (χ4n) is 5.04. The summed E-state index contributed by atoms with van der Waals surface area (Å²) in [4.78, 5) is 4.65. The summed E-state index contributed by atoms with van der Waals surface area (Å²) in [5.41, 5.74) is 7.54. The lowest BCUT2D eigenvalue weighted by Gasteiger charge is -2.56. The van der Waals surface area contributed by atoms with Gasteiger partial charge in [0.25, 0.3) is 0 Å². The molecular weight excluding hydrogens is 296 g/mol. The molecule has 5 rings (SSSR count). The molecule has 1 heterocycles. The number of rotatable bonds is 1. The Balaban J connectivity index is 1.79. The molecule has 1 aromatic rings. The number of thiazole rings is 1. The predicted octanol–water partition coefficient (Wildman–Crippen LogP) is 3.96. The van der Waals surface area contributed by atoms with Crippen molar-refractivity contribution in [2.75, 3.05) is 5.73 Å². The van der Waals surface area contributed by atoms with Crippen molar-refractivity contribution in [1.82, 2.24) is 4.98 Å². The van der Waals surface area contributed by atoms with Crippen molar-refractivity contribution in [3.05, 3.63) is 9.48 Å². The molecule has 4 saturated carbocycles. The molecule has 0 spiro atoms. The van der Waals surface area contributed by atoms with E-state index >= 15 is 0 Å². The Kier molecular flexibility index (Phi) is 2.21. The number of hydrogen-bond donors (Lipinski definition) is 1. The van der Waals surface area contributed by atoms with Crippen LogP contribution in [0.5, 0.6) is 0 Å². The van der Waals surface area contributed by atoms with Gasteiger partial charge in [0.05, 0.1) is 9.48 Å². The highest BCUT2D eigenvalue weighted by Gasteiger charge is 2.53. The molecule has 0 unspecified atom stereocenters. The maximum absolute atomic E-state index is 5.88. The third-order valence-electron chi connectivity index (χ3n) is 5.14. The Hall–Kier alpha value is -0.0900. The van der Waals surface area contributed by atoms with Gasteiger partial charge in [-0.15, -0.1) is 0 Å². The minimum Gasteiger partial charge on any atom is -0.375 e. The average molecular weight is 313 g/mol. The molecule has 4 bridgehead atoms. The first-order chi connectivity index (χ1) is 8.14. The van der Waals surface area contributed by atoms with Crippen molar-refractivity contribution >= 4 is 32.4 Å². The largest absolute Gasteiger partial charge is 0.375 e. The summed E-state index contributed by atoms with van der Waals surface area (Å²) in [7, 11) is 0. The van der Waals surface area contributed by atoms with Crippen molar-refractivity contribution in [1.29, 1.82) is 0 Å². The molecule has 0 aliphatic heterocycles. The third-order valence-corrected chi connectivity index (χ3v) is 6.68. The van der Waals surface area contributed by atoms with Gasteiger partial charge in [-0.2, -0.15) is 0 Å². The molecule has 2 N–H and O–H groups in total. The van der Waals surface area contributed by atoms with Crippen LogP contribution < -0.4 is 5.73 Å². The van der Waals surface area contributed by atoms with Gasteiger partial charge in [-0.25, -0.2) is 4.98 Å². The summed E-state index contributed by atoms with van der Waals surface area (Å²) in [6, 6.07) is 0. The molecule has 4 heteroatoms. The van der Waals surface area contributed by atoms with Crippen LogP contribution in [-0.2, 0) is 5.41 Å². The molecule has 17 heavy (non-hydrogen) atoms. The first kappa shape index (κ1) is 10.8. The number of anilines is 1. The van der Waals surface area contributed by atoms with Gasteiger partial charge < -0.3 is 5.73 Å². The highest BCUT2D eigenvalue weighted by Crippen LogP contribution is 2.61. The van der Waals surface area contributed by atoms with E-state index < -0.39 is 0 Å². The molecule has 4 aliphatic carbocycles. The second kappa shape index (κ2) is 3.47. The van der Waals surface area contributed by atoms with Gasteiger partial charge in [-0.1, -0.05) is 11.3 Å². The van der Waals surface area contributed by atoms with Crippen LogP contribution in [0, 0.1) is 17.8 Å². The minimum atomic E-state index is 0.377. The minimum absolute atomic E-state index is 0.377. The van der Waals surface area contributed by atoms with E-state index in [1.807, 2.05) is 0 Å². The van der Waals surface area contributed by atoms with Gasteiger partial charge in [0.1, 0.15) is 0 Å². The number of hydrogen-bond acceptors (Lipinski definition) is 3. The highest BCUT2D eigenvalue weighted by atomic mass is 79.9. The Morgan fingerprint density at radius 1 is 1.12 bits per heavy atom. The molecule has 4 fully saturated rings. The van der Waals surface area contributed by atoms with Gasteiger partial charge in [0, 0.05) is 5.41 Å². The maximum Gasteiger partial charge on any atom is 0.181 e. The van der Waals surface area contributed by atoms with Gasteiger partial charge >= 0.3 is 0 Å². The number of nitrogens with two attached hydrogens (primary N) is 1. The topological polar surface area (TPSA) is 38.9 Å². The zero-order valence-electron chi connectivity index (χ0n) is 9.79. The Labute approximate surface area is 114 Å².